The second kappa shape index (κ2) is 5.40. The summed E-state index contributed by atoms with van der Waals surface area (Å²) in [4.78, 5) is 22.4. The van der Waals surface area contributed by atoms with Crippen LogP contribution in [0.4, 0.5) is 4.79 Å². The smallest absolute Gasteiger partial charge is 0.322 e. The van der Waals surface area contributed by atoms with Gasteiger partial charge in [0, 0.05) is 6.20 Å². The highest BCUT2D eigenvalue weighted by atomic mass is 16.2. The van der Waals surface area contributed by atoms with E-state index in [2.05, 4.69) is 10.6 Å². The molecule has 1 aromatic carbocycles. The minimum Gasteiger partial charge on any atom is -0.399 e. The van der Waals surface area contributed by atoms with Crippen LogP contribution in [0.2, 0.25) is 0 Å². The molecule has 1 atom stereocenters. The van der Waals surface area contributed by atoms with Crippen molar-refractivity contribution in [1.82, 2.24) is 15.6 Å². The summed E-state index contributed by atoms with van der Waals surface area (Å²) in [6, 6.07) is 8.14. The largest absolute Gasteiger partial charge is 0.399 e. The van der Waals surface area contributed by atoms with E-state index in [1.807, 2.05) is 30.3 Å². The molecule has 1 aliphatic rings. The van der Waals surface area contributed by atoms with Crippen molar-refractivity contribution in [3.8, 4) is 0 Å². The summed E-state index contributed by atoms with van der Waals surface area (Å²) >= 11 is 0. The number of carbonyl (C=O) groups excluding carboxylic acids is 2. The van der Waals surface area contributed by atoms with E-state index in [1.54, 1.807) is 0 Å². The van der Waals surface area contributed by atoms with Gasteiger partial charge in [-0.3, -0.25) is 10.1 Å². The van der Waals surface area contributed by atoms with E-state index in [4.69, 9.17) is 11.6 Å². The topological polar surface area (TPSA) is 113 Å². The summed E-state index contributed by atoms with van der Waals surface area (Å²) < 4.78 is 0. The third-order valence-corrected chi connectivity index (χ3v) is 2.63. The SMILES string of the molecule is N/C(=C\N(N)Cc1ccccc1)C1NC(=O)NC1=O. The highest BCUT2D eigenvalue weighted by Crippen LogP contribution is 2.05. The molecule has 0 bridgehead atoms. The molecule has 1 fully saturated rings. The van der Waals surface area contributed by atoms with Gasteiger partial charge in [-0.05, 0) is 5.56 Å². The summed E-state index contributed by atoms with van der Waals surface area (Å²) in [6.45, 7) is 0.448. The van der Waals surface area contributed by atoms with Crippen LogP contribution in [0.25, 0.3) is 0 Å². The third kappa shape index (κ3) is 3.23. The first-order valence-corrected chi connectivity index (χ1v) is 5.70. The molecule has 0 spiro atoms. The number of carbonyl (C=O) groups is 2. The molecule has 19 heavy (non-hydrogen) atoms. The van der Waals surface area contributed by atoms with Crippen molar-refractivity contribution in [2.75, 3.05) is 0 Å². The Morgan fingerprint density at radius 3 is 2.58 bits per heavy atom. The van der Waals surface area contributed by atoms with Crippen LogP contribution >= 0.6 is 0 Å². The summed E-state index contributed by atoms with van der Waals surface area (Å²) in [5, 5.41) is 5.86. The summed E-state index contributed by atoms with van der Waals surface area (Å²) in [5.74, 6) is 5.31. The highest BCUT2D eigenvalue weighted by Gasteiger charge is 2.31. The summed E-state index contributed by atoms with van der Waals surface area (Å²) in [7, 11) is 0. The molecule has 0 aromatic heterocycles. The predicted octanol–water partition coefficient (Wildman–Crippen LogP) is -0.630. The monoisotopic (exact) mass is 261 g/mol. The van der Waals surface area contributed by atoms with E-state index in [-0.39, 0.29) is 5.70 Å². The second-order valence-corrected chi connectivity index (χ2v) is 4.18. The van der Waals surface area contributed by atoms with E-state index in [9.17, 15) is 9.59 Å². The van der Waals surface area contributed by atoms with Gasteiger partial charge in [0.1, 0.15) is 0 Å². The Labute approximate surface area is 110 Å². The fraction of sp³-hybridized carbons (Fsp3) is 0.167. The second-order valence-electron chi connectivity index (χ2n) is 4.18. The van der Waals surface area contributed by atoms with Gasteiger partial charge in [0.15, 0.2) is 6.04 Å². The van der Waals surface area contributed by atoms with E-state index in [1.165, 1.54) is 11.2 Å². The minimum absolute atomic E-state index is 0.182. The standard InChI is InChI=1S/C12H15N5O2/c13-9(10-11(18)16-12(19)15-10)7-17(14)6-8-4-2-1-3-5-8/h1-5,7,10H,6,13-14H2,(H2,15,16,18,19)/b9-7-. The average Bonchev–Trinajstić information content (AvgIpc) is 2.69. The van der Waals surface area contributed by atoms with Crippen LogP contribution in [0.5, 0.6) is 0 Å². The Morgan fingerprint density at radius 1 is 1.32 bits per heavy atom. The molecule has 1 unspecified atom stereocenters. The number of nitrogens with one attached hydrogen (secondary N) is 2. The Balaban J connectivity index is 2.00. The van der Waals surface area contributed by atoms with E-state index in [0.717, 1.165) is 5.56 Å². The zero-order valence-corrected chi connectivity index (χ0v) is 10.2. The number of hydrogen-bond acceptors (Lipinski definition) is 5. The van der Waals surface area contributed by atoms with Crippen molar-refractivity contribution >= 4 is 11.9 Å². The number of imide groups is 1. The molecule has 2 rings (SSSR count). The van der Waals surface area contributed by atoms with Gasteiger partial charge in [-0.1, -0.05) is 30.3 Å². The molecule has 0 saturated carbocycles. The molecule has 1 saturated heterocycles. The van der Waals surface area contributed by atoms with Gasteiger partial charge in [-0.15, -0.1) is 0 Å². The van der Waals surface area contributed by atoms with Crippen molar-refractivity contribution in [3.63, 3.8) is 0 Å². The molecule has 7 nitrogen and oxygen atoms in total. The normalized spacial score (nSPS) is 19.0. The molecular formula is C12H15N5O2. The van der Waals surface area contributed by atoms with Gasteiger partial charge in [-0.2, -0.15) is 0 Å². The lowest BCUT2D eigenvalue weighted by Gasteiger charge is -2.16. The van der Waals surface area contributed by atoms with E-state index >= 15 is 0 Å². The number of nitrogens with two attached hydrogens (primary N) is 2. The van der Waals surface area contributed by atoms with Gasteiger partial charge >= 0.3 is 6.03 Å². The molecule has 0 radical (unpaired) electrons. The average molecular weight is 261 g/mol. The van der Waals surface area contributed by atoms with Crippen molar-refractivity contribution in [2.24, 2.45) is 11.6 Å². The molecule has 100 valence electrons. The summed E-state index contributed by atoms with van der Waals surface area (Å²) in [6.07, 6.45) is 1.43. The Kier molecular flexibility index (Phi) is 3.67. The Hall–Kier alpha value is -2.54. The molecule has 1 aromatic rings. The first kappa shape index (κ1) is 12.9. The summed E-state index contributed by atoms with van der Waals surface area (Å²) in [5.41, 5.74) is 6.94. The van der Waals surface area contributed by atoms with Crippen LogP contribution in [0, 0.1) is 0 Å². The maximum atomic E-state index is 11.4. The fourth-order valence-electron chi connectivity index (χ4n) is 1.76. The maximum Gasteiger partial charge on any atom is 0.322 e. The first-order valence-electron chi connectivity index (χ1n) is 5.70. The number of rotatable bonds is 4. The number of hydrogen-bond donors (Lipinski definition) is 4. The number of urea groups is 1. The van der Waals surface area contributed by atoms with Gasteiger partial charge in [0.2, 0.25) is 0 Å². The third-order valence-electron chi connectivity index (χ3n) is 2.63. The molecule has 1 aliphatic heterocycles. The molecule has 0 aliphatic carbocycles. The lowest BCUT2D eigenvalue weighted by atomic mass is 10.2. The van der Waals surface area contributed by atoms with E-state index in [0.29, 0.717) is 6.54 Å². The highest BCUT2D eigenvalue weighted by molar-refractivity contribution is 6.05. The number of amides is 3. The molecule has 6 N–H and O–H groups in total. The van der Waals surface area contributed by atoms with Crippen LogP contribution in [0.15, 0.2) is 42.2 Å². The lowest BCUT2D eigenvalue weighted by molar-refractivity contribution is -0.119. The first-order chi connectivity index (χ1) is 9.06. The molecule has 7 heteroatoms. The van der Waals surface area contributed by atoms with Crippen LogP contribution in [-0.4, -0.2) is 23.0 Å². The number of benzene rings is 1. The van der Waals surface area contributed by atoms with Crippen LogP contribution in [0.3, 0.4) is 0 Å². The molecule has 1 heterocycles. The van der Waals surface area contributed by atoms with Gasteiger partial charge in [0.25, 0.3) is 5.91 Å². The van der Waals surface area contributed by atoms with Crippen molar-refractivity contribution in [1.29, 1.82) is 0 Å². The van der Waals surface area contributed by atoms with Crippen LogP contribution < -0.4 is 22.2 Å². The predicted molar refractivity (Wildman–Crippen MR) is 68.9 cm³/mol. The van der Waals surface area contributed by atoms with Gasteiger partial charge in [0.05, 0.1) is 12.2 Å². The number of nitrogens with zero attached hydrogens (tertiary/aromatic N) is 1. The van der Waals surface area contributed by atoms with Crippen LogP contribution in [-0.2, 0) is 11.3 Å². The minimum atomic E-state index is -0.866. The zero-order valence-electron chi connectivity index (χ0n) is 10.2. The Bertz CT molecular complexity index is 514. The van der Waals surface area contributed by atoms with Crippen LogP contribution in [0.1, 0.15) is 5.56 Å². The van der Waals surface area contributed by atoms with Crippen molar-refractivity contribution in [2.45, 2.75) is 12.6 Å². The van der Waals surface area contributed by atoms with Crippen molar-refractivity contribution < 1.29 is 9.59 Å². The zero-order chi connectivity index (χ0) is 13.8. The van der Waals surface area contributed by atoms with E-state index < -0.39 is 18.0 Å². The lowest BCUT2D eigenvalue weighted by Crippen LogP contribution is -2.37. The van der Waals surface area contributed by atoms with Crippen molar-refractivity contribution in [3.05, 3.63) is 47.8 Å². The molecule has 3 amide bonds. The van der Waals surface area contributed by atoms with Gasteiger partial charge < -0.3 is 16.1 Å². The Morgan fingerprint density at radius 2 is 2.00 bits per heavy atom. The quantitative estimate of drug-likeness (QED) is 0.327. The van der Waals surface area contributed by atoms with Gasteiger partial charge in [-0.25, -0.2) is 10.6 Å². The molecular weight excluding hydrogens is 246 g/mol. The fourth-order valence-corrected chi connectivity index (χ4v) is 1.76. The maximum absolute atomic E-state index is 11.4. The number of hydrazine groups is 1.